The summed E-state index contributed by atoms with van der Waals surface area (Å²) in [6.45, 7) is 2.00. The Hall–Kier alpha value is -1.57. The van der Waals surface area contributed by atoms with Gasteiger partial charge in [-0.05, 0) is 29.3 Å². The van der Waals surface area contributed by atoms with Crippen LogP contribution in [0.25, 0.3) is 11.3 Å². The van der Waals surface area contributed by atoms with Crippen molar-refractivity contribution >= 4 is 33.9 Å². The van der Waals surface area contributed by atoms with Gasteiger partial charge in [0.2, 0.25) is 0 Å². The lowest BCUT2D eigenvalue weighted by atomic mass is 10.1. The van der Waals surface area contributed by atoms with Gasteiger partial charge in [0.1, 0.15) is 6.07 Å². The van der Waals surface area contributed by atoms with Gasteiger partial charge in [-0.2, -0.15) is 16.6 Å². The molecule has 0 saturated heterocycles. The predicted molar refractivity (Wildman–Crippen MR) is 70.0 cm³/mol. The van der Waals surface area contributed by atoms with E-state index in [-0.39, 0.29) is 0 Å². The summed E-state index contributed by atoms with van der Waals surface area (Å²) >= 11 is 3.13. The molecule has 0 aromatic carbocycles. The molecule has 2 aromatic rings. The average molecular weight is 246 g/mol. The first-order valence-electron chi connectivity index (χ1n) is 4.71. The Kier molecular flexibility index (Phi) is 3.09. The van der Waals surface area contributed by atoms with Crippen LogP contribution in [0.4, 0.5) is 0 Å². The maximum Gasteiger partial charge on any atom is 0.103 e. The molecule has 0 unspecified atom stereocenters. The molecule has 2 aromatic heterocycles. The van der Waals surface area contributed by atoms with Gasteiger partial charge in [-0.15, -0.1) is 11.3 Å². The number of nitrogens with two attached hydrogens (primary N) is 1. The molecular weight excluding hydrogens is 236 g/mol. The Morgan fingerprint density at radius 2 is 2.25 bits per heavy atom. The molecule has 0 fully saturated rings. The van der Waals surface area contributed by atoms with Crippen molar-refractivity contribution in [2.75, 3.05) is 0 Å². The van der Waals surface area contributed by atoms with E-state index in [9.17, 15) is 5.26 Å². The highest BCUT2D eigenvalue weighted by Crippen LogP contribution is 2.28. The summed E-state index contributed by atoms with van der Waals surface area (Å²) < 4.78 is 0. The molecule has 0 radical (unpaired) electrons. The lowest BCUT2D eigenvalue weighted by Crippen LogP contribution is -1.99. The molecule has 0 bridgehead atoms. The second-order valence-electron chi connectivity index (χ2n) is 3.35. The monoisotopic (exact) mass is 246 g/mol. The van der Waals surface area contributed by atoms with Crippen molar-refractivity contribution < 1.29 is 0 Å². The van der Waals surface area contributed by atoms with E-state index >= 15 is 0 Å². The van der Waals surface area contributed by atoms with Gasteiger partial charge < -0.3 is 5.73 Å². The predicted octanol–water partition coefficient (Wildman–Crippen LogP) is 3.47. The van der Waals surface area contributed by atoms with Crippen LogP contribution < -0.4 is 5.73 Å². The molecule has 2 N–H and O–H groups in total. The van der Waals surface area contributed by atoms with Gasteiger partial charge in [0.05, 0.1) is 11.3 Å². The number of hydrogen-bond acceptors (Lipinski definition) is 4. The second-order valence-corrected chi connectivity index (χ2v) is 5.04. The summed E-state index contributed by atoms with van der Waals surface area (Å²) in [5.74, 6) is 0. The normalized spacial score (nSPS) is 12.0. The SMILES string of the molecule is Cc1cscc1/C(N)=C(/C#N)c1cccs1. The average Bonchev–Trinajstić information content (AvgIpc) is 2.90. The Labute approximate surface area is 102 Å². The van der Waals surface area contributed by atoms with Crippen LogP contribution in [0.1, 0.15) is 16.0 Å². The van der Waals surface area contributed by atoms with Crippen molar-refractivity contribution in [1.82, 2.24) is 0 Å². The van der Waals surface area contributed by atoms with Crippen LogP contribution in [-0.2, 0) is 0 Å². The molecule has 2 heterocycles. The summed E-state index contributed by atoms with van der Waals surface area (Å²) in [5, 5.41) is 15.1. The van der Waals surface area contributed by atoms with Crippen molar-refractivity contribution in [2.24, 2.45) is 5.73 Å². The third-order valence-electron chi connectivity index (χ3n) is 2.29. The third kappa shape index (κ3) is 1.87. The fourth-order valence-corrected chi connectivity index (χ4v) is 3.02. The Balaban J connectivity index is 2.56. The second kappa shape index (κ2) is 4.52. The smallest absolute Gasteiger partial charge is 0.103 e. The number of rotatable bonds is 2. The van der Waals surface area contributed by atoms with Gasteiger partial charge in [-0.25, -0.2) is 0 Å². The molecule has 0 aliphatic heterocycles. The van der Waals surface area contributed by atoms with Gasteiger partial charge in [-0.1, -0.05) is 6.07 Å². The number of allylic oxidation sites excluding steroid dienone is 1. The molecule has 0 aliphatic carbocycles. The first kappa shape index (κ1) is 10.9. The van der Waals surface area contributed by atoms with Crippen molar-refractivity contribution in [1.29, 1.82) is 5.26 Å². The zero-order valence-corrected chi connectivity index (χ0v) is 10.4. The van der Waals surface area contributed by atoms with E-state index in [1.54, 1.807) is 11.3 Å². The van der Waals surface area contributed by atoms with Crippen LogP contribution in [0.3, 0.4) is 0 Å². The zero-order valence-electron chi connectivity index (χ0n) is 8.73. The van der Waals surface area contributed by atoms with Crippen LogP contribution in [0.15, 0.2) is 28.3 Å². The lowest BCUT2D eigenvalue weighted by molar-refractivity contribution is 1.45. The van der Waals surface area contributed by atoms with E-state index in [4.69, 9.17) is 5.73 Å². The molecule has 80 valence electrons. The largest absolute Gasteiger partial charge is 0.397 e. The summed E-state index contributed by atoms with van der Waals surface area (Å²) in [7, 11) is 0. The van der Waals surface area contributed by atoms with E-state index in [0.29, 0.717) is 11.3 Å². The molecule has 0 spiro atoms. The molecule has 0 atom stereocenters. The van der Waals surface area contributed by atoms with Crippen molar-refractivity contribution in [3.05, 3.63) is 44.3 Å². The van der Waals surface area contributed by atoms with Gasteiger partial charge in [0.25, 0.3) is 0 Å². The van der Waals surface area contributed by atoms with E-state index in [2.05, 4.69) is 6.07 Å². The number of aryl methyl sites for hydroxylation is 1. The molecule has 2 nitrogen and oxygen atoms in total. The van der Waals surface area contributed by atoms with Crippen molar-refractivity contribution in [2.45, 2.75) is 6.92 Å². The van der Waals surface area contributed by atoms with Gasteiger partial charge >= 0.3 is 0 Å². The summed E-state index contributed by atoms with van der Waals surface area (Å²) in [5.41, 5.74) is 9.28. The maximum atomic E-state index is 9.18. The van der Waals surface area contributed by atoms with Crippen LogP contribution >= 0.6 is 22.7 Å². The Bertz CT molecular complexity index is 556. The number of nitriles is 1. The van der Waals surface area contributed by atoms with E-state index in [1.165, 1.54) is 11.3 Å². The Morgan fingerprint density at radius 3 is 2.75 bits per heavy atom. The third-order valence-corrected chi connectivity index (χ3v) is 4.04. The lowest BCUT2D eigenvalue weighted by Gasteiger charge is -2.03. The van der Waals surface area contributed by atoms with Crippen LogP contribution in [0, 0.1) is 18.3 Å². The topological polar surface area (TPSA) is 49.8 Å². The van der Waals surface area contributed by atoms with E-state index in [0.717, 1.165) is 16.0 Å². The zero-order chi connectivity index (χ0) is 11.5. The maximum absolute atomic E-state index is 9.18. The summed E-state index contributed by atoms with van der Waals surface area (Å²) in [4.78, 5) is 0.922. The van der Waals surface area contributed by atoms with Crippen molar-refractivity contribution in [3.8, 4) is 6.07 Å². The quantitative estimate of drug-likeness (QED) is 0.825. The highest BCUT2D eigenvalue weighted by atomic mass is 32.1. The fraction of sp³-hybridized carbons (Fsp3) is 0.0833. The first-order chi connectivity index (χ1) is 7.74. The highest BCUT2D eigenvalue weighted by Gasteiger charge is 2.11. The first-order valence-corrected chi connectivity index (χ1v) is 6.53. The minimum atomic E-state index is 0.566. The Morgan fingerprint density at radius 1 is 1.44 bits per heavy atom. The molecule has 2 rings (SSSR count). The molecule has 0 amide bonds. The number of thiophene rings is 2. The van der Waals surface area contributed by atoms with Gasteiger partial charge in [0.15, 0.2) is 0 Å². The van der Waals surface area contributed by atoms with E-state index < -0.39 is 0 Å². The van der Waals surface area contributed by atoms with Gasteiger partial charge in [0, 0.05) is 15.8 Å². The summed E-state index contributed by atoms with van der Waals surface area (Å²) in [6, 6.07) is 6.03. The molecule has 16 heavy (non-hydrogen) atoms. The van der Waals surface area contributed by atoms with Crippen LogP contribution in [0.5, 0.6) is 0 Å². The standard InChI is InChI=1S/C12H10N2S2/c1-8-6-15-7-10(8)12(14)9(5-13)11-3-2-4-16-11/h2-4,6-7H,14H2,1H3/b12-9+. The van der Waals surface area contributed by atoms with Crippen LogP contribution in [0.2, 0.25) is 0 Å². The number of hydrogen-bond donors (Lipinski definition) is 1. The molecule has 4 heteroatoms. The summed E-state index contributed by atoms with van der Waals surface area (Å²) in [6.07, 6.45) is 0. The van der Waals surface area contributed by atoms with Gasteiger partial charge in [-0.3, -0.25) is 0 Å². The molecular formula is C12H10N2S2. The van der Waals surface area contributed by atoms with Crippen LogP contribution in [-0.4, -0.2) is 0 Å². The fourth-order valence-electron chi connectivity index (χ4n) is 1.44. The van der Waals surface area contributed by atoms with Crippen molar-refractivity contribution in [3.63, 3.8) is 0 Å². The van der Waals surface area contributed by atoms with E-state index in [1.807, 2.05) is 35.2 Å². The minimum Gasteiger partial charge on any atom is -0.397 e. The molecule has 0 saturated carbocycles. The minimum absolute atomic E-state index is 0.566. The molecule has 0 aliphatic rings. The number of nitrogens with zero attached hydrogens (tertiary/aromatic N) is 1. The highest BCUT2D eigenvalue weighted by molar-refractivity contribution is 7.11.